The molecule has 10 nitrogen and oxygen atoms in total. The van der Waals surface area contributed by atoms with Crippen molar-refractivity contribution in [2.24, 2.45) is 0 Å². The van der Waals surface area contributed by atoms with E-state index in [4.69, 9.17) is 4.42 Å². The summed E-state index contributed by atoms with van der Waals surface area (Å²) < 4.78 is 30.4. The van der Waals surface area contributed by atoms with Gasteiger partial charge >= 0.3 is 0 Å². The normalized spacial score (nSPS) is 15.2. The van der Waals surface area contributed by atoms with Crippen molar-refractivity contribution in [2.45, 2.75) is 37.1 Å². The van der Waals surface area contributed by atoms with E-state index in [1.54, 1.807) is 18.3 Å². The first-order chi connectivity index (χ1) is 17.5. The van der Waals surface area contributed by atoms with Gasteiger partial charge in [-0.25, -0.2) is 13.4 Å². The molecule has 0 unspecified atom stereocenters. The van der Waals surface area contributed by atoms with Gasteiger partial charge in [0.25, 0.3) is 5.89 Å². The molecule has 0 saturated carbocycles. The second kappa shape index (κ2) is 10.0. The molecule has 36 heavy (non-hydrogen) atoms. The Bertz CT molecular complexity index is 1470. The van der Waals surface area contributed by atoms with Gasteiger partial charge < -0.3 is 20.2 Å². The lowest BCUT2D eigenvalue weighted by atomic mass is 10.1. The summed E-state index contributed by atoms with van der Waals surface area (Å²) in [7, 11) is -3.23. The summed E-state index contributed by atoms with van der Waals surface area (Å²) in [5, 5.41) is 24.7. The largest absolute Gasteiger partial charge is 0.421 e. The lowest BCUT2D eigenvalue weighted by Gasteiger charge is -2.20. The maximum absolute atomic E-state index is 12.3. The van der Waals surface area contributed by atoms with Gasteiger partial charge in [-0.15, -0.1) is 10.2 Å². The van der Waals surface area contributed by atoms with Gasteiger partial charge in [-0.2, -0.15) is 4.98 Å². The molecular weight excluding hydrogens is 480 g/mol. The first-order valence-corrected chi connectivity index (χ1v) is 13.4. The summed E-state index contributed by atoms with van der Waals surface area (Å²) in [6.45, 7) is 1.75. The first kappa shape index (κ1) is 23.9. The molecule has 11 heteroatoms. The SMILES string of the molecule is CCc1nnc(-c2cnc(Nc3ccc4c(c3)CCCS4(=O)=O)nc2N[C@H](CO)c2ccccc2)o1. The number of nitrogens with one attached hydrogen (secondary N) is 2. The van der Waals surface area contributed by atoms with Gasteiger partial charge in [0.2, 0.25) is 11.8 Å². The highest BCUT2D eigenvalue weighted by Gasteiger charge is 2.24. The Labute approximate surface area is 208 Å². The van der Waals surface area contributed by atoms with Crippen LogP contribution in [-0.2, 0) is 22.7 Å². The van der Waals surface area contributed by atoms with Gasteiger partial charge in [0.15, 0.2) is 9.84 Å². The maximum Gasteiger partial charge on any atom is 0.253 e. The van der Waals surface area contributed by atoms with Crippen LogP contribution >= 0.6 is 0 Å². The number of fused-ring (bicyclic) bond motifs is 1. The van der Waals surface area contributed by atoms with E-state index in [0.29, 0.717) is 53.1 Å². The molecule has 0 bridgehead atoms. The van der Waals surface area contributed by atoms with Crippen molar-refractivity contribution in [2.75, 3.05) is 23.0 Å². The van der Waals surface area contributed by atoms with Gasteiger partial charge in [0.05, 0.1) is 28.9 Å². The van der Waals surface area contributed by atoms with Gasteiger partial charge in [-0.3, -0.25) is 0 Å². The molecule has 3 heterocycles. The van der Waals surface area contributed by atoms with Crippen LogP contribution in [0, 0.1) is 0 Å². The van der Waals surface area contributed by atoms with Gasteiger partial charge in [0, 0.05) is 18.3 Å². The molecule has 0 aliphatic carbocycles. The molecule has 0 fully saturated rings. The number of benzene rings is 2. The fourth-order valence-electron chi connectivity index (χ4n) is 4.15. The average Bonchev–Trinajstić information content (AvgIpc) is 3.37. The number of aliphatic hydroxyl groups excluding tert-OH is 1. The second-order valence-corrected chi connectivity index (χ2v) is 10.5. The number of rotatable bonds is 8. The Hall–Kier alpha value is -3.83. The number of hydrogen-bond acceptors (Lipinski definition) is 10. The van der Waals surface area contributed by atoms with E-state index in [-0.39, 0.29) is 18.3 Å². The third-order valence-electron chi connectivity index (χ3n) is 5.99. The molecule has 0 spiro atoms. The van der Waals surface area contributed by atoms with Crippen LogP contribution in [0.15, 0.2) is 64.0 Å². The Kier molecular flexibility index (Phi) is 6.66. The smallest absolute Gasteiger partial charge is 0.253 e. The molecule has 1 aliphatic rings. The number of sulfone groups is 1. The third-order valence-corrected chi connectivity index (χ3v) is 7.89. The minimum atomic E-state index is -3.23. The quantitative estimate of drug-likeness (QED) is 0.324. The summed E-state index contributed by atoms with van der Waals surface area (Å²) in [6, 6.07) is 14.3. The molecule has 1 atom stereocenters. The van der Waals surface area contributed by atoms with E-state index in [1.165, 1.54) is 0 Å². The lowest BCUT2D eigenvalue weighted by Crippen LogP contribution is -2.17. The van der Waals surface area contributed by atoms with Gasteiger partial charge in [-0.1, -0.05) is 37.3 Å². The summed E-state index contributed by atoms with van der Waals surface area (Å²) in [5.41, 5.74) is 2.84. The molecule has 0 amide bonds. The molecule has 0 saturated heterocycles. The average molecular weight is 507 g/mol. The van der Waals surface area contributed by atoms with Crippen LogP contribution in [0.2, 0.25) is 0 Å². The molecular formula is C25H26N6O4S. The number of aliphatic hydroxyl groups is 1. The molecule has 1 aliphatic heterocycles. The first-order valence-electron chi connectivity index (χ1n) is 11.7. The number of anilines is 3. The van der Waals surface area contributed by atoms with Crippen LogP contribution in [0.5, 0.6) is 0 Å². The van der Waals surface area contributed by atoms with Crippen molar-refractivity contribution < 1.29 is 17.9 Å². The number of hydrogen-bond donors (Lipinski definition) is 3. The fourth-order valence-corrected chi connectivity index (χ4v) is 5.73. The Morgan fingerprint density at radius 1 is 1.14 bits per heavy atom. The highest BCUT2D eigenvalue weighted by atomic mass is 32.2. The fraction of sp³-hybridized carbons (Fsp3) is 0.280. The van der Waals surface area contributed by atoms with E-state index >= 15 is 0 Å². The molecule has 3 N–H and O–H groups in total. The number of nitrogens with zero attached hydrogens (tertiary/aromatic N) is 4. The standard InChI is InChI=1S/C25H26N6O4S/c1-2-22-30-31-24(35-22)19-14-26-25(29-23(19)28-20(15-32)16-7-4-3-5-8-16)27-18-10-11-21-17(13-18)9-6-12-36(21,33)34/h3-5,7-8,10-11,13-14,20,32H,2,6,9,12,15H2,1H3,(H2,26,27,28,29)/t20-/m1/s1. The van der Waals surface area contributed by atoms with Crippen molar-refractivity contribution >= 4 is 27.3 Å². The van der Waals surface area contributed by atoms with E-state index in [0.717, 1.165) is 11.1 Å². The number of aryl methyl sites for hydroxylation is 2. The Balaban J connectivity index is 1.49. The molecule has 2 aromatic carbocycles. The van der Waals surface area contributed by atoms with Crippen molar-refractivity contribution in [3.63, 3.8) is 0 Å². The van der Waals surface area contributed by atoms with Crippen LogP contribution in [-0.4, -0.2) is 46.0 Å². The molecule has 5 rings (SSSR count). The van der Waals surface area contributed by atoms with Gasteiger partial charge in [0.1, 0.15) is 5.82 Å². The van der Waals surface area contributed by atoms with E-state index in [2.05, 4.69) is 30.8 Å². The monoisotopic (exact) mass is 506 g/mol. The third kappa shape index (κ3) is 4.93. The summed E-state index contributed by atoms with van der Waals surface area (Å²) in [6.07, 6.45) is 3.47. The van der Waals surface area contributed by atoms with E-state index < -0.39 is 15.9 Å². The Morgan fingerprint density at radius 2 is 1.97 bits per heavy atom. The van der Waals surface area contributed by atoms with Crippen molar-refractivity contribution in [3.05, 3.63) is 71.7 Å². The zero-order chi connectivity index (χ0) is 25.1. The predicted molar refractivity (Wildman–Crippen MR) is 135 cm³/mol. The minimum Gasteiger partial charge on any atom is -0.421 e. The van der Waals surface area contributed by atoms with E-state index in [9.17, 15) is 13.5 Å². The minimum absolute atomic E-state index is 0.167. The zero-order valence-corrected chi connectivity index (χ0v) is 20.5. The topological polar surface area (TPSA) is 143 Å². The van der Waals surface area contributed by atoms with Crippen molar-refractivity contribution in [1.82, 2.24) is 20.2 Å². The second-order valence-electron chi connectivity index (χ2n) is 8.47. The maximum atomic E-state index is 12.3. The lowest BCUT2D eigenvalue weighted by molar-refractivity contribution is 0.276. The van der Waals surface area contributed by atoms with Crippen LogP contribution in [0.3, 0.4) is 0 Å². The van der Waals surface area contributed by atoms with E-state index in [1.807, 2.05) is 43.3 Å². The number of aromatic nitrogens is 4. The highest BCUT2D eigenvalue weighted by Crippen LogP contribution is 2.31. The summed E-state index contributed by atoms with van der Waals surface area (Å²) in [4.78, 5) is 9.45. The molecule has 4 aromatic rings. The van der Waals surface area contributed by atoms with Gasteiger partial charge in [-0.05, 0) is 42.2 Å². The van der Waals surface area contributed by atoms with Crippen LogP contribution in [0.25, 0.3) is 11.5 Å². The zero-order valence-electron chi connectivity index (χ0n) is 19.7. The van der Waals surface area contributed by atoms with Crippen molar-refractivity contribution in [1.29, 1.82) is 0 Å². The van der Waals surface area contributed by atoms with Crippen LogP contribution in [0.4, 0.5) is 17.5 Å². The van der Waals surface area contributed by atoms with Crippen LogP contribution in [0.1, 0.15) is 36.4 Å². The molecule has 2 aromatic heterocycles. The Morgan fingerprint density at radius 3 is 2.72 bits per heavy atom. The summed E-state index contributed by atoms with van der Waals surface area (Å²) >= 11 is 0. The molecule has 0 radical (unpaired) electrons. The summed E-state index contributed by atoms with van der Waals surface area (Å²) in [5.74, 6) is 1.63. The highest BCUT2D eigenvalue weighted by molar-refractivity contribution is 7.91. The molecule has 186 valence electrons. The van der Waals surface area contributed by atoms with Crippen LogP contribution < -0.4 is 10.6 Å². The van der Waals surface area contributed by atoms with Crippen molar-refractivity contribution in [3.8, 4) is 11.5 Å². The predicted octanol–water partition coefficient (Wildman–Crippen LogP) is 3.70.